The number of anilines is 1. The predicted octanol–water partition coefficient (Wildman–Crippen LogP) is 2.35. The molecule has 164 valence electrons. The third-order valence-electron chi connectivity index (χ3n) is 4.30. The van der Waals surface area contributed by atoms with E-state index in [2.05, 4.69) is 21.1 Å². The minimum Gasteiger partial charge on any atom is -0.464 e. The number of nitrogens with zero attached hydrogens (tertiary/aromatic N) is 1. The number of nitrogens with one attached hydrogen (secondary N) is 3. The van der Waals surface area contributed by atoms with Gasteiger partial charge in [0.15, 0.2) is 5.54 Å². The van der Waals surface area contributed by atoms with E-state index in [0.717, 1.165) is 5.56 Å². The molecule has 0 bridgehead atoms. The van der Waals surface area contributed by atoms with Crippen LogP contribution in [0.3, 0.4) is 0 Å². The molecule has 0 aliphatic heterocycles. The molecule has 2 aromatic rings. The molecule has 0 fully saturated rings. The van der Waals surface area contributed by atoms with Gasteiger partial charge in [-0.3, -0.25) is 4.79 Å². The number of esters is 1. The summed E-state index contributed by atoms with van der Waals surface area (Å²) in [4.78, 5) is 37.1. The van der Waals surface area contributed by atoms with Gasteiger partial charge in [0.1, 0.15) is 0 Å². The van der Waals surface area contributed by atoms with E-state index in [-0.39, 0.29) is 13.2 Å². The smallest absolute Gasteiger partial charge is 0.336 e. The van der Waals surface area contributed by atoms with Gasteiger partial charge in [-0.2, -0.15) is 5.10 Å². The summed E-state index contributed by atoms with van der Waals surface area (Å²) in [6.07, 6.45) is 1.47. The average Bonchev–Trinajstić information content (AvgIpc) is 2.74. The largest absolute Gasteiger partial charge is 0.464 e. The Morgan fingerprint density at radius 3 is 2.35 bits per heavy atom. The molecular weight excluding hydrogens is 422 g/mol. The molecule has 2 aromatic carbocycles. The highest BCUT2D eigenvalue weighted by Gasteiger charge is 2.38. The van der Waals surface area contributed by atoms with Crippen LogP contribution in [0.25, 0.3) is 0 Å². The van der Waals surface area contributed by atoms with Crippen LogP contribution >= 0.6 is 11.6 Å². The lowest BCUT2D eigenvalue weighted by molar-refractivity contribution is -0.153. The Bertz CT molecular complexity index is 947. The van der Waals surface area contributed by atoms with Crippen molar-refractivity contribution in [3.8, 4) is 0 Å². The number of carbonyl (C=O) groups is 3. The molecule has 0 aliphatic carbocycles. The van der Waals surface area contributed by atoms with E-state index in [4.69, 9.17) is 22.2 Å². The fraction of sp³-hybridized carbons (Fsp3) is 0.238. The standard InChI is InChI=1S/C21H24ClN5O4/c1-3-31-19(29)21(2,15-6-8-16(22)9-7-15)27-18(28)13-24-20(30)26-17-10-4-14(5-11-17)12-25-23/h4-12H,3,13,23H2,1-2H3,(H,27,28)(H2,24,26,30). The monoisotopic (exact) mass is 445 g/mol. The van der Waals surface area contributed by atoms with E-state index in [0.29, 0.717) is 16.3 Å². The molecule has 1 atom stereocenters. The van der Waals surface area contributed by atoms with Gasteiger partial charge in [-0.25, -0.2) is 9.59 Å². The van der Waals surface area contributed by atoms with Gasteiger partial charge in [-0.15, -0.1) is 0 Å². The maximum absolute atomic E-state index is 12.6. The molecule has 0 spiro atoms. The van der Waals surface area contributed by atoms with Crippen LogP contribution in [-0.2, 0) is 19.9 Å². The van der Waals surface area contributed by atoms with Gasteiger partial charge in [0.05, 0.1) is 19.4 Å². The van der Waals surface area contributed by atoms with Crippen LogP contribution in [0.2, 0.25) is 5.02 Å². The SMILES string of the molecule is CCOC(=O)C(C)(NC(=O)CNC(=O)Nc1ccc(C=NN)cc1)c1ccc(Cl)cc1. The number of halogens is 1. The summed E-state index contributed by atoms with van der Waals surface area (Å²) in [6, 6.07) is 12.6. The van der Waals surface area contributed by atoms with Crippen molar-refractivity contribution < 1.29 is 19.1 Å². The zero-order valence-electron chi connectivity index (χ0n) is 17.1. The Balaban J connectivity index is 1.99. The minimum atomic E-state index is -1.45. The fourth-order valence-electron chi connectivity index (χ4n) is 2.70. The highest BCUT2D eigenvalue weighted by atomic mass is 35.5. The number of benzene rings is 2. The fourth-order valence-corrected chi connectivity index (χ4v) is 2.82. The van der Waals surface area contributed by atoms with Gasteiger partial charge in [0.2, 0.25) is 5.91 Å². The van der Waals surface area contributed by atoms with Crippen LogP contribution in [0.15, 0.2) is 53.6 Å². The van der Waals surface area contributed by atoms with Crippen molar-refractivity contribution in [3.63, 3.8) is 0 Å². The van der Waals surface area contributed by atoms with Gasteiger partial charge in [0.25, 0.3) is 0 Å². The summed E-state index contributed by atoms with van der Waals surface area (Å²) < 4.78 is 5.12. The Hall–Kier alpha value is -3.59. The maximum Gasteiger partial charge on any atom is 0.336 e. The minimum absolute atomic E-state index is 0.147. The number of rotatable bonds is 8. The van der Waals surface area contributed by atoms with E-state index in [1.165, 1.54) is 13.1 Å². The van der Waals surface area contributed by atoms with E-state index < -0.39 is 23.4 Å². The van der Waals surface area contributed by atoms with Crippen molar-refractivity contribution >= 4 is 41.4 Å². The maximum atomic E-state index is 12.6. The molecule has 5 N–H and O–H groups in total. The number of urea groups is 1. The summed E-state index contributed by atoms with van der Waals surface area (Å²) in [5, 5.41) is 11.6. The molecule has 0 heterocycles. The zero-order chi connectivity index (χ0) is 22.9. The van der Waals surface area contributed by atoms with E-state index in [1.54, 1.807) is 55.5 Å². The molecular formula is C21H24ClN5O4. The number of nitrogens with two attached hydrogens (primary N) is 1. The topological polar surface area (TPSA) is 135 Å². The number of hydrogen-bond acceptors (Lipinski definition) is 6. The average molecular weight is 446 g/mol. The lowest BCUT2D eigenvalue weighted by Gasteiger charge is -2.29. The van der Waals surface area contributed by atoms with E-state index in [9.17, 15) is 14.4 Å². The van der Waals surface area contributed by atoms with Crippen LogP contribution in [-0.4, -0.2) is 37.3 Å². The molecule has 2 rings (SSSR count). The number of hydrogen-bond donors (Lipinski definition) is 4. The van der Waals surface area contributed by atoms with Crippen molar-refractivity contribution in [3.05, 3.63) is 64.7 Å². The Morgan fingerprint density at radius 1 is 1.13 bits per heavy atom. The first-order valence-corrected chi connectivity index (χ1v) is 9.78. The molecule has 10 heteroatoms. The molecule has 0 aliphatic rings. The van der Waals surface area contributed by atoms with Crippen LogP contribution in [0.4, 0.5) is 10.5 Å². The third-order valence-corrected chi connectivity index (χ3v) is 4.55. The Kier molecular flexibility index (Phi) is 8.39. The lowest BCUT2D eigenvalue weighted by atomic mass is 9.92. The molecule has 31 heavy (non-hydrogen) atoms. The summed E-state index contributed by atoms with van der Waals surface area (Å²) in [7, 11) is 0. The first-order valence-electron chi connectivity index (χ1n) is 9.41. The zero-order valence-corrected chi connectivity index (χ0v) is 17.9. The van der Waals surface area contributed by atoms with Gasteiger partial charge in [-0.05, 0) is 49.2 Å². The van der Waals surface area contributed by atoms with Gasteiger partial charge in [-0.1, -0.05) is 35.9 Å². The second kappa shape index (κ2) is 11.0. The third kappa shape index (κ3) is 6.71. The number of ether oxygens (including phenoxy) is 1. The molecule has 9 nitrogen and oxygen atoms in total. The number of amides is 3. The first kappa shape index (κ1) is 23.7. The summed E-state index contributed by atoms with van der Waals surface area (Å²) in [5.41, 5.74) is 0.336. The summed E-state index contributed by atoms with van der Waals surface area (Å²) in [6.45, 7) is 2.99. The summed E-state index contributed by atoms with van der Waals surface area (Å²) in [5.74, 6) is 3.88. The highest BCUT2D eigenvalue weighted by molar-refractivity contribution is 6.30. The predicted molar refractivity (Wildman–Crippen MR) is 119 cm³/mol. The van der Waals surface area contributed by atoms with Crippen molar-refractivity contribution in [1.82, 2.24) is 10.6 Å². The van der Waals surface area contributed by atoms with E-state index in [1.807, 2.05) is 0 Å². The highest BCUT2D eigenvalue weighted by Crippen LogP contribution is 2.24. The molecule has 1 unspecified atom stereocenters. The lowest BCUT2D eigenvalue weighted by Crippen LogP contribution is -2.53. The Morgan fingerprint density at radius 2 is 1.77 bits per heavy atom. The van der Waals surface area contributed by atoms with Gasteiger partial charge < -0.3 is 26.5 Å². The van der Waals surface area contributed by atoms with Gasteiger partial charge in [0, 0.05) is 10.7 Å². The Labute approximate surface area is 185 Å². The first-order chi connectivity index (χ1) is 14.8. The van der Waals surface area contributed by atoms with Crippen molar-refractivity contribution in [1.29, 1.82) is 0 Å². The number of carbonyl (C=O) groups excluding carboxylic acids is 3. The van der Waals surface area contributed by atoms with Crippen LogP contribution in [0.1, 0.15) is 25.0 Å². The second-order valence-corrected chi connectivity index (χ2v) is 7.04. The molecule has 0 saturated carbocycles. The van der Waals surface area contributed by atoms with Crippen LogP contribution in [0.5, 0.6) is 0 Å². The normalized spacial score (nSPS) is 12.6. The van der Waals surface area contributed by atoms with E-state index >= 15 is 0 Å². The van der Waals surface area contributed by atoms with Gasteiger partial charge >= 0.3 is 12.0 Å². The van der Waals surface area contributed by atoms with Crippen LogP contribution < -0.4 is 21.8 Å². The van der Waals surface area contributed by atoms with Crippen molar-refractivity contribution in [2.75, 3.05) is 18.5 Å². The number of hydrazone groups is 1. The molecule has 0 aromatic heterocycles. The molecule has 3 amide bonds. The molecule has 0 saturated heterocycles. The van der Waals surface area contributed by atoms with Crippen molar-refractivity contribution in [2.24, 2.45) is 10.9 Å². The summed E-state index contributed by atoms with van der Waals surface area (Å²) >= 11 is 5.91. The second-order valence-electron chi connectivity index (χ2n) is 6.61. The quantitative estimate of drug-likeness (QED) is 0.214. The molecule has 0 radical (unpaired) electrons. The van der Waals surface area contributed by atoms with Crippen LogP contribution in [0, 0.1) is 0 Å². The van der Waals surface area contributed by atoms with Crippen molar-refractivity contribution in [2.45, 2.75) is 19.4 Å².